The fraction of sp³-hybridized carbons (Fsp3) is 0.889. The second-order valence-electron chi connectivity index (χ2n) is 7.80. The molecule has 2 heterocycles. The summed E-state index contributed by atoms with van der Waals surface area (Å²) < 4.78 is 0. The molecular formula is C18H34N4O2. The molecule has 0 spiro atoms. The zero-order chi connectivity index (χ0) is 17.5. The van der Waals surface area contributed by atoms with Crippen molar-refractivity contribution in [3.8, 4) is 0 Å². The Morgan fingerprint density at radius 2 is 2.04 bits per heavy atom. The highest BCUT2D eigenvalue weighted by atomic mass is 16.2. The summed E-state index contributed by atoms with van der Waals surface area (Å²) in [6, 6.07) is 0.589. The zero-order valence-corrected chi connectivity index (χ0v) is 15.4. The Balaban J connectivity index is 1.75. The van der Waals surface area contributed by atoms with Gasteiger partial charge in [-0.05, 0) is 51.0 Å². The van der Waals surface area contributed by atoms with Crippen molar-refractivity contribution in [3.05, 3.63) is 0 Å². The molecule has 2 aliphatic heterocycles. The summed E-state index contributed by atoms with van der Waals surface area (Å²) in [5, 5.41) is 9.57. The molecule has 0 aromatic carbocycles. The summed E-state index contributed by atoms with van der Waals surface area (Å²) in [6.07, 6.45) is 4.70. The van der Waals surface area contributed by atoms with Crippen molar-refractivity contribution in [1.82, 2.24) is 20.9 Å². The van der Waals surface area contributed by atoms with Crippen molar-refractivity contribution in [2.24, 2.45) is 11.8 Å². The molecule has 6 heteroatoms. The van der Waals surface area contributed by atoms with Crippen molar-refractivity contribution in [1.29, 1.82) is 0 Å². The Hall–Kier alpha value is -1.30. The Labute approximate surface area is 146 Å². The van der Waals surface area contributed by atoms with E-state index >= 15 is 0 Å². The minimum atomic E-state index is 0.0129. The first-order valence-corrected chi connectivity index (χ1v) is 9.51. The van der Waals surface area contributed by atoms with Gasteiger partial charge < -0.3 is 20.9 Å². The van der Waals surface area contributed by atoms with Crippen molar-refractivity contribution in [2.45, 2.75) is 65.0 Å². The van der Waals surface area contributed by atoms with Crippen LogP contribution < -0.4 is 16.0 Å². The molecule has 3 atom stereocenters. The summed E-state index contributed by atoms with van der Waals surface area (Å²) in [4.78, 5) is 26.4. The number of likely N-dealkylation sites (tertiary alicyclic amines) is 1. The number of rotatable bonds is 5. The van der Waals surface area contributed by atoms with Crippen LogP contribution >= 0.6 is 0 Å². The van der Waals surface area contributed by atoms with E-state index in [1.54, 1.807) is 0 Å². The van der Waals surface area contributed by atoms with E-state index in [9.17, 15) is 9.59 Å². The largest absolute Gasteiger partial charge is 0.352 e. The molecule has 3 N–H and O–H groups in total. The highest BCUT2D eigenvalue weighted by Crippen LogP contribution is 2.20. The van der Waals surface area contributed by atoms with Crippen molar-refractivity contribution >= 4 is 11.9 Å². The Bertz CT molecular complexity index is 427. The van der Waals surface area contributed by atoms with Crippen molar-refractivity contribution < 1.29 is 9.59 Å². The number of nitrogens with one attached hydrogen (secondary N) is 3. The summed E-state index contributed by atoms with van der Waals surface area (Å²) >= 11 is 0. The molecule has 24 heavy (non-hydrogen) atoms. The molecule has 0 saturated carbocycles. The van der Waals surface area contributed by atoms with E-state index in [2.05, 4.69) is 36.7 Å². The molecule has 0 aromatic rings. The van der Waals surface area contributed by atoms with Gasteiger partial charge in [0.05, 0.1) is 0 Å². The Kier molecular flexibility index (Phi) is 7.34. The number of hydrogen-bond acceptors (Lipinski definition) is 3. The average Bonchev–Trinajstić information content (AvgIpc) is 2.55. The van der Waals surface area contributed by atoms with Crippen molar-refractivity contribution in [2.75, 3.05) is 26.2 Å². The molecular weight excluding hydrogens is 304 g/mol. The van der Waals surface area contributed by atoms with Gasteiger partial charge in [0.2, 0.25) is 5.91 Å². The molecule has 0 aliphatic carbocycles. The maximum atomic E-state index is 12.4. The second kappa shape index (κ2) is 9.25. The molecule has 0 bridgehead atoms. The maximum absolute atomic E-state index is 12.4. The van der Waals surface area contributed by atoms with Crippen LogP contribution in [-0.4, -0.2) is 55.1 Å². The third kappa shape index (κ3) is 5.96. The molecule has 138 valence electrons. The number of nitrogens with zero attached hydrogens (tertiary/aromatic N) is 1. The maximum Gasteiger partial charge on any atom is 0.317 e. The molecule has 6 nitrogen and oxygen atoms in total. The van der Waals surface area contributed by atoms with Crippen LogP contribution in [0.4, 0.5) is 4.79 Å². The molecule has 0 aromatic heterocycles. The molecule has 2 rings (SSSR count). The molecule has 2 fully saturated rings. The van der Waals surface area contributed by atoms with Gasteiger partial charge in [-0.15, -0.1) is 0 Å². The normalized spacial score (nSPS) is 27.8. The standard InChI is InChI=1S/C18H34N4O2/c1-13(2)11-20-18(24)22-9-5-6-15(12-22)10-17(23)21-16-7-4-8-19-14(16)3/h13-16,19H,4-12H2,1-3H3,(H,20,24)(H,21,23). The Morgan fingerprint density at radius 3 is 2.75 bits per heavy atom. The smallest absolute Gasteiger partial charge is 0.317 e. The van der Waals surface area contributed by atoms with Gasteiger partial charge in [0.15, 0.2) is 0 Å². The molecule has 2 saturated heterocycles. The first kappa shape index (κ1) is 19.0. The van der Waals surface area contributed by atoms with Crippen molar-refractivity contribution in [3.63, 3.8) is 0 Å². The molecule has 3 unspecified atom stereocenters. The third-order valence-corrected chi connectivity index (χ3v) is 5.05. The predicted molar refractivity (Wildman–Crippen MR) is 95.8 cm³/mol. The Morgan fingerprint density at radius 1 is 1.25 bits per heavy atom. The lowest BCUT2D eigenvalue weighted by atomic mass is 9.93. The number of piperidine rings is 2. The van der Waals surface area contributed by atoms with Gasteiger partial charge in [-0.2, -0.15) is 0 Å². The third-order valence-electron chi connectivity index (χ3n) is 5.05. The monoisotopic (exact) mass is 338 g/mol. The highest BCUT2D eigenvalue weighted by molar-refractivity contribution is 5.77. The van der Waals surface area contributed by atoms with Gasteiger partial charge in [-0.3, -0.25) is 4.79 Å². The first-order valence-electron chi connectivity index (χ1n) is 9.51. The number of hydrogen-bond donors (Lipinski definition) is 3. The van der Waals surface area contributed by atoms with Gasteiger partial charge in [0.1, 0.15) is 0 Å². The lowest BCUT2D eigenvalue weighted by Crippen LogP contribution is -2.52. The number of urea groups is 1. The van der Waals surface area contributed by atoms with E-state index in [4.69, 9.17) is 0 Å². The van der Waals surface area contributed by atoms with Crippen LogP contribution in [0.2, 0.25) is 0 Å². The van der Waals surface area contributed by atoms with E-state index < -0.39 is 0 Å². The van der Waals surface area contributed by atoms with E-state index in [0.717, 1.165) is 38.8 Å². The van der Waals surface area contributed by atoms with Gasteiger partial charge >= 0.3 is 6.03 Å². The molecule has 2 aliphatic rings. The molecule has 3 amide bonds. The minimum Gasteiger partial charge on any atom is -0.352 e. The van der Waals surface area contributed by atoms with E-state index in [-0.39, 0.29) is 23.9 Å². The number of carbonyl (C=O) groups is 2. The molecule has 0 radical (unpaired) electrons. The quantitative estimate of drug-likeness (QED) is 0.714. The second-order valence-corrected chi connectivity index (χ2v) is 7.80. The van der Waals surface area contributed by atoms with E-state index in [0.29, 0.717) is 31.5 Å². The van der Waals surface area contributed by atoms with Gasteiger partial charge in [-0.1, -0.05) is 13.8 Å². The minimum absolute atomic E-state index is 0.0129. The first-order chi connectivity index (χ1) is 11.5. The average molecular weight is 338 g/mol. The number of carbonyl (C=O) groups excluding carboxylic acids is 2. The SMILES string of the molecule is CC(C)CNC(=O)N1CCCC(CC(=O)NC2CCCNC2C)C1. The van der Waals surface area contributed by atoms with Gasteiger partial charge in [0, 0.05) is 38.1 Å². The van der Waals surface area contributed by atoms with Crippen LogP contribution in [0, 0.1) is 11.8 Å². The van der Waals surface area contributed by atoms with Crippen LogP contribution in [0.5, 0.6) is 0 Å². The van der Waals surface area contributed by atoms with Gasteiger partial charge in [0.25, 0.3) is 0 Å². The lowest BCUT2D eigenvalue weighted by molar-refractivity contribution is -0.123. The van der Waals surface area contributed by atoms with Crippen LogP contribution in [0.25, 0.3) is 0 Å². The summed E-state index contributed by atoms with van der Waals surface area (Å²) in [6.45, 7) is 9.53. The highest BCUT2D eigenvalue weighted by Gasteiger charge is 2.27. The van der Waals surface area contributed by atoms with Crippen LogP contribution in [-0.2, 0) is 4.79 Å². The predicted octanol–water partition coefficient (Wildman–Crippen LogP) is 1.71. The fourth-order valence-corrected chi connectivity index (χ4v) is 3.59. The fourth-order valence-electron chi connectivity index (χ4n) is 3.59. The summed E-state index contributed by atoms with van der Waals surface area (Å²) in [5.41, 5.74) is 0. The zero-order valence-electron chi connectivity index (χ0n) is 15.4. The van der Waals surface area contributed by atoms with Crippen LogP contribution in [0.15, 0.2) is 0 Å². The van der Waals surface area contributed by atoms with E-state index in [1.165, 1.54) is 0 Å². The number of amides is 3. The van der Waals surface area contributed by atoms with Crippen LogP contribution in [0.3, 0.4) is 0 Å². The van der Waals surface area contributed by atoms with Gasteiger partial charge in [-0.25, -0.2) is 4.79 Å². The van der Waals surface area contributed by atoms with E-state index in [1.807, 2.05) is 4.90 Å². The van der Waals surface area contributed by atoms with Crippen LogP contribution in [0.1, 0.15) is 52.9 Å². The summed E-state index contributed by atoms with van der Waals surface area (Å²) in [7, 11) is 0. The summed E-state index contributed by atoms with van der Waals surface area (Å²) in [5.74, 6) is 0.854. The topological polar surface area (TPSA) is 73.5 Å². The lowest BCUT2D eigenvalue weighted by Gasteiger charge is -2.34.